The fourth-order valence-electron chi connectivity index (χ4n) is 0.944. The standard InChI is InChI=1S/C8H16N2O2/c1-9-5-3-2-4-8(6-11)10-7-12/h6-9H,2-5H2,1H3,(H,10,12). The molecule has 0 spiro atoms. The molecule has 0 fully saturated rings. The normalized spacial score (nSPS) is 12.1. The highest BCUT2D eigenvalue weighted by Gasteiger charge is 2.03. The van der Waals surface area contributed by atoms with Crippen LogP contribution >= 0.6 is 0 Å². The zero-order chi connectivity index (χ0) is 9.23. The van der Waals surface area contributed by atoms with Crippen molar-refractivity contribution in [2.24, 2.45) is 0 Å². The highest BCUT2D eigenvalue weighted by molar-refractivity contribution is 5.63. The molecule has 0 bridgehead atoms. The molecule has 1 atom stereocenters. The summed E-state index contributed by atoms with van der Waals surface area (Å²) < 4.78 is 0. The molecule has 4 nitrogen and oxygen atoms in total. The first-order valence-electron chi connectivity index (χ1n) is 4.14. The van der Waals surface area contributed by atoms with Crippen LogP contribution in [0.5, 0.6) is 0 Å². The van der Waals surface area contributed by atoms with E-state index in [9.17, 15) is 9.59 Å². The number of amides is 1. The van der Waals surface area contributed by atoms with E-state index in [2.05, 4.69) is 10.6 Å². The predicted octanol–water partition coefficient (Wildman–Crippen LogP) is -0.310. The van der Waals surface area contributed by atoms with Crippen molar-refractivity contribution in [1.82, 2.24) is 10.6 Å². The maximum absolute atomic E-state index is 10.3. The summed E-state index contributed by atoms with van der Waals surface area (Å²) in [6.07, 6.45) is 4.04. The van der Waals surface area contributed by atoms with Crippen LogP contribution in [-0.2, 0) is 9.59 Å². The molecule has 1 unspecified atom stereocenters. The number of hydrogen-bond donors (Lipinski definition) is 2. The minimum Gasteiger partial charge on any atom is -0.349 e. The maximum Gasteiger partial charge on any atom is 0.207 e. The Morgan fingerprint density at radius 1 is 1.33 bits per heavy atom. The third-order valence-electron chi connectivity index (χ3n) is 1.64. The molecule has 0 aromatic rings. The van der Waals surface area contributed by atoms with Crippen molar-refractivity contribution in [3.05, 3.63) is 0 Å². The van der Waals surface area contributed by atoms with Crippen molar-refractivity contribution in [2.75, 3.05) is 13.6 Å². The highest BCUT2D eigenvalue weighted by atomic mass is 16.1. The van der Waals surface area contributed by atoms with Gasteiger partial charge in [-0.3, -0.25) is 4.79 Å². The van der Waals surface area contributed by atoms with E-state index in [0.717, 1.165) is 32.1 Å². The maximum atomic E-state index is 10.3. The van der Waals surface area contributed by atoms with Crippen LogP contribution in [-0.4, -0.2) is 32.3 Å². The van der Waals surface area contributed by atoms with Crippen LogP contribution in [0.25, 0.3) is 0 Å². The van der Waals surface area contributed by atoms with Crippen LogP contribution in [0.2, 0.25) is 0 Å². The zero-order valence-corrected chi connectivity index (χ0v) is 7.38. The summed E-state index contributed by atoms with van der Waals surface area (Å²) in [4.78, 5) is 20.3. The van der Waals surface area contributed by atoms with Gasteiger partial charge in [-0.05, 0) is 32.9 Å². The SMILES string of the molecule is CNCCCCC(C=O)NC=O. The minimum absolute atomic E-state index is 0.306. The highest BCUT2D eigenvalue weighted by Crippen LogP contribution is 1.97. The first-order chi connectivity index (χ1) is 5.85. The van der Waals surface area contributed by atoms with Crippen LogP contribution in [0.4, 0.5) is 0 Å². The summed E-state index contributed by atoms with van der Waals surface area (Å²) in [5, 5.41) is 5.45. The molecule has 0 rings (SSSR count). The Labute approximate surface area is 72.7 Å². The summed E-state index contributed by atoms with van der Waals surface area (Å²) in [6, 6.07) is -0.306. The lowest BCUT2D eigenvalue weighted by Gasteiger charge is -2.07. The average Bonchev–Trinajstić information content (AvgIpc) is 2.10. The number of hydrogen-bond acceptors (Lipinski definition) is 3. The number of unbranched alkanes of at least 4 members (excludes halogenated alkanes) is 1. The van der Waals surface area contributed by atoms with E-state index < -0.39 is 0 Å². The van der Waals surface area contributed by atoms with Crippen molar-refractivity contribution in [3.8, 4) is 0 Å². The molecule has 0 aliphatic carbocycles. The Morgan fingerprint density at radius 2 is 2.08 bits per heavy atom. The lowest BCUT2D eigenvalue weighted by Crippen LogP contribution is -2.29. The van der Waals surface area contributed by atoms with Crippen LogP contribution in [0.1, 0.15) is 19.3 Å². The molecule has 12 heavy (non-hydrogen) atoms. The fraction of sp³-hybridized carbons (Fsp3) is 0.750. The van der Waals surface area contributed by atoms with Gasteiger partial charge in [-0.2, -0.15) is 0 Å². The van der Waals surface area contributed by atoms with Crippen molar-refractivity contribution >= 4 is 12.7 Å². The third-order valence-corrected chi connectivity index (χ3v) is 1.64. The molecule has 0 aromatic heterocycles. The topological polar surface area (TPSA) is 58.2 Å². The smallest absolute Gasteiger partial charge is 0.207 e. The number of carbonyl (C=O) groups excluding carboxylic acids is 2. The molecule has 0 heterocycles. The lowest BCUT2D eigenvalue weighted by molar-refractivity contribution is -0.115. The van der Waals surface area contributed by atoms with Gasteiger partial charge < -0.3 is 15.4 Å². The Hall–Kier alpha value is -0.900. The quantitative estimate of drug-likeness (QED) is 0.390. The van der Waals surface area contributed by atoms with E-state index in [4.69, 9.17) is 0 Å². The molecule has 0 aliphatic heterocycles. The van der Waals surface area contributed by atoms with Crippen molar-refractivity contribution in [3.63, 3.8) is 0 Å². The van der Waals surface area contributed by atoms with Gasteiger partial charge in [0.15, 0.2) is 0 Å². The molecular formula is C8H16N2O2. The summed E-state index contributed by atoms with van der Waals surface area (Å²) in [5.74, 6) is 0. The van der Waals surface area contributed by atoms with Gasteiger partial charge in [0, 0.05) is 0 Å². The Kier molecular flexibility index (Phi) is 7.58. The summed E-state index contributed by atoms with van der Waals surface area (Å²) in [5.41, 5.74) is 0. The monoisotopic (exact) mass is 172 g/mol. The second-order valence-corrected chi connectivity index (χ2v) is 2.63. The average molecular weight is 172 g/mol. The van der Waals surface area contributed by atoms with Gasteiger partial charge in [0.25, 0.3) is 0 Å². The Balaban J connectivity index is 3.31. The van der Waals surface area contributed by atoms with E-state index in [0.29, 0.717) is 6.41 Å². The molecule has 1 amide bonds. The fourth-order valence-corrected chi connectivity index (χ4v) is 0.944. The van der Waals surface area contributed by atoms with Gasteiger partial charge in [-0.1, -0.05) is 0 Å². The van der Waals surface area contributed by atoms with Gasteiger partial charge >= 0.3 is 0 Å². The van der Waals surface area contributed by atoms with Crippen molar-refractivity contribution in [2.45, 2.75) is 25.3 Å². The predicted molar refractivity (Wildman–Crippen MR) is 46.8 cm³/mol. The van der Waals surface area contributed by atoms with E-state index >= 15 is 0 Å². The summed E-state index contributed by atoms with van der Waals surface area (Å²) >= 11 is 0. The van der Waals surface area contributed by atoms with Crippen molar-refractivity contribution in [1.29, 1.82) is 0 Å². The summed E-state index contributed by atoms with van der Waals surface area (Å²) in [6.45, 7) is 0.951. The van der Waals surface area contributed by atoms with Crippen molar-refractivity contribution < 1.29 is 9.59 Å². The van der Waals surface area contributed by atoms with Gasteiger partial charge in [0.05, 0.1) is 6.04 Å². The van der Waals surface area contributed by atoms with Crippen LogP contribution < -0.4 is 10.6 Å². The third kappa shape index (κ3) is 5.85. The van der Waals surface area contributed by atoms with E-state index in [1.807, 2.05) is 7.05 Å². The van der Waals surface area contributed by atoms with Gasteiger partial charge in [-0.15, -0.1) is 0 Å². The van der Waals surface area contributed by atoms with E-state index in [-0.39, 0.29) is 6.04 Å². The number of nitrogens with one attached hydrogen (secondary N) is 2. The van der Waals surface area contributed by atoms with Gasteiger partial charge in [-0.25, -0.2) is 0 Å². The van der Waals surface area contributed by atoms with E-state index in [1.165, 1.54) is 0 Å². The second kappa shape index (κ2) is 8.20. The van der Waals surface area contributed by atoms with Gasteiger partial charge in [0.1, 0.15) is 6.29 Å². The molecule has 70 valence electrons. The lowest BCUT2D eigenvalue weighted by atomic mass is 10.1. The largest absolute Gasteiger partial charge is 0.349 e. The molecule has 0 saturated carbocycles. The first-order valence-corrected chi connectivity index (χ1v) is 4.14. The second-order valence-electron chi connectivity index (χ2n) is 2.63. The number of carbonyl (C=O) groups is 2. The van der Waals surface area contributed by atoms with Crippen LogP contribution in [0, 0.1) is 0 Å². The minimum atomic E-state index is -0.306. The molecule has 0 radical (unpaired) electrons. The Morgan fingerprint density at radius 3 is 2.58 bits per heavy atom. The van der Waals surface area contributed by atoms with Crippen LogP contribution in [0.3, 0.4) is 0 Å². The molecule has 0 aromatic carbocycles. The number of aldehydes is 1. The molecule has 0 saturated heterocycles. The summed E-state index contributed by atoms with van der Waals surface area (Å²) in [7, 11) is 1.89. The zero-order valence-electron chi connectivity index (χ0n) is 7.38. The molecular weight excluding hydrogens is 156 g/mol. The van der Waals surface area contributed by atoms with E-state index in [1.54, 1.807) is 0 Å². The van der Waals surface area contributed by atoms with Gasteiger partial charge in [0.2, 0.25) is 6.41 Å². The molecule has 0 aliphatic rings. The number of rotatable bonds is 8. The molecule has 2 N–H and O–H groups in total. The molecule has 4 heteroatoms. The van der Waals surface area contributed by atoms with Crippen LogP contribution in [0.15, 0.2) is 0 Å². The Bertz CT molecular complexity index is 128. The first kappa shape index (κ1) is 11.1.